The maximum atomic E-state index is 12.7. The number of methoxy groups -OCH3 is 1. The summed E-state index contributed by atoms with van der Waals surface area (Å²) in [7, 11) is 1.49. The van der Waals surface area contributed by atoms with Gasteiger partial charge in [0.1, 0.15) is 6.42 Å². The number of para-hydroxylation sites is 1. The van der Waals surface area contributed by atoms with Gasteiger partial charge in [0, 0.05) is 11.3 Å². The van der Waals surface area contributed by atoms with Crippen LogP contribution in [0.2, 0.25) is 0 Å². The Kier molecular flexibility index (Phi) is 7.79. The normalized spacial score (nSPS) is 11.2. The highest BCUT2D eigenvalue weighted by Gasteiger charge is 2.30. The van der Waals surface area contributed by atoms with Gasteiger partial charge in [-0.1, -0.05) is 12.1 Å². The molecule has 0 aliphatic carbocycles. The minimum Gasteiger partial charge on any atom is -0.493 e. The summed E-state index contributed by atoms with van der Waals surface area (Å²) in [6.07, 6.45) is -3.83. The second-order valence-corrected chi connectivity index (χ2v) is 5.91. The van der Waals surface area contributed by atoms with Crippen molar-refractivity contribution in [2.45, 2.75) is 19.5 Å². The van der Waals surface area contributed by atoms with E-state index in [-0.39, 0.29) is 5.69 Å². The first kappa shape index (κ1) is 22.7. The molecule has 10 heteroatoms. The fourth-order valence-electron chi connectivity index (χ4n) is 2.43. The van der Waals surface area contributed by atoms with Crippen LogP contribution in [0.15, 0.2) is 47.6 Å². The first-order chi connectivity index (χ1) is 14.2. The Balaban J connectivity index is 1.94. The fourth-order valence-corrected chi connectivity index (χ4v) is 2.43. The van der Waals surface area contributed by atoms with Crippen molar-refractivity contribution in [2.75, 3.05) is 19.0 Å². The first-order valence-electron chi connectivity index (χ1n) is 8.83. The molecule has 0 spiro atoms. The van der Waals surface area contributed by atoms with Crippen LogP contribution in [0.3, 0.4) is 0 Å². The number of hydrogen-bond donors (Lipinski definition) is 2. The van der Waals surface area contributed by atoms with Gasteiger partial charge in [-0.25, -0.2) is 5.43 Å². The van der Waals surface area contributed by atoms with Gasteiger partial charge in [-0.3, -0.25) is 9.59 Å². The molecule has 0 unspecified atom stereocenters. The van der Waals surface area contributed by atoms with Gasteiger partial charge >= 0.3 is 6.18 Å². The van der Waals surface area contributed by atoms with E-state index in [0.29, 0.717) is 23.7 Å². The third-order valence-electron chi connectivity index (χ3n) is 3.71. The molecular weight excluding hydrogens is 403 g/mol. The lowest BCUT2D eigenvalue weighted by Gasteiger charge is -2.11. The number of nitrogens with zero attached hydrogens (tertiary/aromatic N) is 1. The van der Waals surface area contributed by atoms with E-state index >= 15 is 0 Å². The molecule has 0 heterocycles. The van der Waals surface area contributed by atoms with E-state index in [1.54, 1.807) is 25.1 Å². The van der Waals surface area contributed by atoms with Crippen LogP contribution in [-0.2, 0) is 15.8 Å². The molecule has 0 fully saturated rings. The van der Waals surface area contributed by atoms with Crippen LogP contribution in [-0.4, -0.2) is 31.7 Å². The molecule has 0 aliphatic rings. The summed E-state index contributed by atoms with van der Waals surface area (Å²) >= 11 is 0. The Bertz CT molecular complexity index is 930. The van der Waals surface area contributed by atoms with Crippen LogP contribution in [0.4, 0.5) is 18.9 Å². The standard InChI is InChI=1S/C20H20F3N3O4/c1-3-30-19-13(6-4-9-16(19)29-2)12-24-26-18(28)11-17(27)25-15-8-5-7-14(10-15)20(21,22)23/h4-10,12H,3,11H2,1-2H3,(H,25,27)(H,26,28). The second-order valence-electron chi connectivity index (χ2n) is 5.91. The predicted octanol–water partition coefficient (Wildman–Crippen LogP) is 3.59. The Hall–Kier alpha value is -3.56. The third kappa shape index (κ3) is 6.50. The van der Waals surface area contributed by atoms with Crippen LogP contribution >= 0.6 is 0 Å². The van der Waals surface area contributed by atoms with Crippen LogP contribution in [0.25, 0.3) is 0 Å². The van der Waals surface area contributed by atoms with Crippen LogP contribution in [0.5, 0.6) is 11.5 Å². The van der Waals surface area contributed by atoms with Crippen molar-refractivity contribution >= 4 is 23.7 Å². The highest BCUT2D eigenvalue weighted by atomic mass is 19.4. The zero-order valence-corrected chi connectivity index (χ0v) is 16.2. The molecule has 2 rings (SSSR count). The molecule has 160 valence electrons. The molecule has 2 aromatic carbocycles. The first-order valence-corrected chi connectivity index (χ1v) is 8.83. The van der Waals surface area contributed by atoms with Gasteiger partial charge < -0.3 is 14.8 Å². The Morgan fingerprint density at radius 1 is 1.13 bits per heavy atom. The average Bonchev–Trinajstić information content (AvgIpc) is 2.68. The largest absolute Gasteiger partial charge is 0.493 e. The number of carbonyl (C=O) groups excluding carboxylic acids is 2. The van der Waals surface area contributed by atoms with E-state index in [1.807, 2.05) is 0 Å². The van der Waals surface area contributed by atoms with E-state index in [1.165, 1.54) is 19.4 Å². The van der Waals surface area contributed by atoms with Gasteiger partial charge in [-0.05, 0) is 37.3 Å². The number of halogens is 3. The van der Waals surface area contributed by atoms with E-state index in [2.05, 4.69) is 15.8 Å². The van der Waals surface area contributed by atoms with Crippen molar-refractivity contribution in [2.24, 2.45) is 5.10 Å². The molecule has 0 aliphatic heterocycles. The number of hydrogen-bond acceptors (Lipinski definition) is 5. The number of nitrogens with one attached hydrogen (secondary N) is 2. The molecular formula is C20H20F3N3O4. The molecule has 2 N–H and O–H groups in total. The minimum atomic E-state index is -4.53. The average molecular weight is 423 g/mol. The number of alkyl halides is 3. The third-order valence-corrected chi connectivity index (χ3v) is 3.71. The smallest absolute Gasteiger partial charge is 0.416 e. The van der Waals surface area contributed by atoms with Gasteiger partial charge in [0.25, 0.3) is 0 Å². The lowest BCUT2D eigenvalue weighted by molar-refractivity contribution is -0.137. The van der Waals surface area contributed by atoms with Gasteiger partial charge in [-0.15, -0.1) is 0 Å². The lowest BCUT2D eigenvalue weighted by Crippen LogP contribution is -2.24. The maximum absolute atomic E-state index is 12.7. The van der Waals surface area contributed by atoms with E-state index < -0.39 is 30.0 Å². The zero-order chi connectivity index (χ0) is 22.1. The zero-order valence-electron chi connectivity index (χ0n) is 16.2. The van der Waals surface area contributed by atoms with Gasteiger partial charge in [0.15, 0.2) is 11.5 Å². The summed E-state index contributed by atoms with van der Waals surface area (Å²) in [6.45, 7) is 2.20. The summed E-state index contributed by atoms with van der Waals surface area (Å²) in [5.41, 5.74) is 1.76. The molecule has 0 saturated heterocycles. The molecule has 0 radical (unpaired) electrons. The quantitative estimate of drug-likeness (QED) is 0.386. The SMILES string of the molecule is CCOc1c(C=NNC(=O)CC(=O)Nc2cccc(C(F)(F)F)c2)cccc1OC. The topological polar surface area (TPSA) is 89.0 Å². The van der Waals surface area contributed by atoms with Gasteiger partial charge in [0.05, 0.1) is 25.5 Å². The van der Waals surface area contributed by atoms with Crippen LogP contribution in [0, 0.1) is 0 Å². The lowest BCUT2D eigenvalue weighted by atomic mass is 10.2. The summed E-state index contributed by atoms with van der Waals surface area (Å²) in [6, 6.07) is 9.24. The van der Waals surface area contributed by atoms with Crippen molar-refractivity contribution in [3.63, 3.8) is 0 Å². The Morgan fingerprint density at radius 2 is 1.87 bits per heavy atom. The molecule has 0 saturated carbocycles. The number of amides is 2. The highest BCUT2D eigenvalue weighted by Crippen LogP contribution is 2.31. The van der Waals surface area contributed by atoms with Crippen molar-refractivity contribution in [3.05, 3.63) is 53.6 Å². The molecule has 30 heavy (non-hydrogen) atoms. The summed E-state index contributed by atoms with van der Waals surface area (Å²) in [4.78, 5) is 23.8. The van der Waals surface area contributed by atoms with E-state index in [4.69, 9.17) is 9.47 Å². The van der Waals surface area contributed by atoms with Crippen molar-refractivity contribution in [3.8, 4) is 11.5 Å². The summed E-state index contributed by atoms with van der Waals surface area (Å²) in [5, 5.41) is 6.02. The summed E-state index contributed by atoms with van der Waals surface area (Å²) in [5.74, 6) is -0.578. The van der Waals surface area contributed by atoms with Crippen molar-refractivity contribution < 1.29 is 32.2 Å². The molecule has 0 bridgehead atoms. The number of anilines is 1. The van der Waals surface area contributed by atoms with Crippen molar-refractivity contribution in [1.29, 1.82) is 0 Å². The van der Waals surface area contributed by atoms with Crippen LogP contribution < -0.4 is 20.2 Å². The molecule has 2 aromatic rings. The van der Waals surface area contributed by atoms with Gasteiger partial charge in [-0.2, -0.15) is 18.3 Å². The Morgan fingerprint density at radius 3 is 2.53 bits per heavy atom. The summed E-state index contributed by atoms with van der Waals surface area (Å²) < 4.78 is 48.8. The number of rotatable bonds is 8. The molecule has 0 aromatic heterocycles. The van der Waals surface area contributed by atoms with Crippen LogP contribution in [0.1, 0.15) is 24.5 Å². The van der Waals surface area contributed by atoms with Crippen molar-refractivity contribution in [1.82, 2.24) is 5.43 Å². The molecule has 7 nitrogen and oxygen atoms in total. The van der Waals surface area contributed by atoms with Gasteiger partial charge in [0.2, 0.25) is 11.8 Å². The minimum absolute atomic E-state index is 0.0659. The highest BCUT2D eigenvalue weighted by molar-refractivity contribution is 6.03. The number of ether oxygens (including phenoxy) is 2. The number of hydrazone groups is 1. The molecule has 2 amide bonds. The predicted molar refractivity (Wildman–Crippen MR) is 105 cm³/mol. The fraction of sp³-hybridized carbons (Fsp3) is 0.250. The monoisotopic (exact) mass is 423 g/mol. The number of carbonyl (C=O) groups is 2. The Labute approximate surface area is 170 Å². The number of benzene rings is 2. The second kappa shape index (κ2) is 10.3. The maximum Gasteiger partial charge on any atom is 0.416 e. The van der Waals surface area contributed by atoms with E-state index in [9.17, 15) is 22.8 Å². The van der Waals surface area contributed by atoms with E-state index in [0.717, 1.165) is 18.2 Å². The molecule has 0 atom stereocenters.